The van der Waals surface area contributed by atoms with Crippen molar-refractivity contribution in [2.75, 3.05) is 11.5 Å². The van der Waals surface area contributed by atoms with E-state index in [2.05, 4.69) is 10.3 Å². The van der Waals surface area contributed by atoms with Crippen LogP contribution < -0.4 is 5.32 Å². The second-order valence-corrected chi connectivity index (χ2v) is 4.56. The summed E-state index contributed by atoms with van der Waals surface area (Å²) in [7, 11) is 0. The summed E-state index contributed by atoms with van der Waals surface area (Å²) in [6, 6.07) is 3.78. The van der Waals surface area contributed by atoms with Gasteiger partial charge in [0.05, 0.1) is 11.9 Å². The first-order valence-corrected chi connectivity index (χ1v) is 5.91. The van der Waals surface area contributed by atoms with Crippen LogP contribution in [0, 0.1) is 5.82 Å². The van der Waals surface area contributed by atoms with E-state index >= 15 is 0 Å². The second kappa shape index (κ2) is 4.75. The van der Waals surface area contributed by atoms with Crippen molar-refractivity contribution in [2.24, 2.45) is 0 Å². The molecule has 1 fully saturated rings. The maximum absolute atomic E-state index is 12.5. The van der Waals surface area contributed by atoms with Crippen molar-refractivity contribution in [2.45, 2.75) is 19.0 Å². The molecule has 14 heavy (non-hydrogen) atoms. The van der Waals surface area contributed by atoms with Gasteiger partial charge >= 0.3 is 0 Å². The minimum absolute atomic E-state index is 0.273. The molecule has 4 heteroatoms. The molecule has 1 N–H and O–H groups in total. The summed E-state index contributed by atoms with van der Waals surface area (Å²) in [4.78, 5) is 3.99. The molecular formula is C10H13FN2S. The zero-order valence-electron chi connectivity index (χ0n) is 7.87. The molecule has 0 aromatic carbocycles. The third kappa shape index (κ3) is 2.69. The van der Waals surface area contributed by atoms with Crippen LogP contribution in [0.3, 0.4) is 0 Å². The Morgan fingerprint density at radius 3 is 3.14 bits per heavy atom. The molecule has 1 aliphatic rings. The monoisotopic (exact) mass is 212 g/mol. The molecular weight excluding hydrogens is 199 g/mol. The van der Waals surface area contributed by atoms with Gasteiger partial charge in [0.2, 0.25) is 0 Å². The number of thioether (sulfide) groups is 1. The van der Waals surface area contributed by atoms with Gasteiger partial charge in [0.25, 0.3) is 0 Å². The Balaban J connectivity index is 1.82. The van der Waals surface area contributed by atoms with Crippen LogP contribution in [0.1, 0.15) is 12.1 Å². The lowest BCUT2D eigenvalue weighted by Crippen LogP contribution is -2.28. The van der Waals surface area contributed by atoms with E-state index in [-0.39, 0.29) is 5.82 Å². The zero-order valence-corrected chi connectivity index (χ0v) is 8.69. The van der Waals surface area contributed by atoms with Crippen molar-refractivity contribution < 1.29 is 4.39 Å². The number of nitrogens with zero attached hydrogens (tertiary/aromatic N) is 1. The Labute approximate surface area is 87.3 Å². The fraction of sp³-hybridized carbons (Fsp3) is 0.500. The molecule has 0 aliphatic carbocycles. The summed E-state index contributed by atoms with van der Waals surface area (Å²) in [5.74, 6) is 2.15. The molecule has 1 atom stereocenters. The van der Waals surface area contributed by atoms with E-state index in [0.29, 0.717) is 6.04 Å². The predicted molar refractivity (Wildman–Crippen MR) is 56.8 cm³/mol. The Bertz CT molecular complexity index is 283. The molecule has 0 radical (unpaired) electrons. The molecule has 1 unspecified atom stereocenters. The van der Waals surface area contributed by atoms with Crippen LogP contribution in [0.15, 0.2) is 18.3 Å². The van der Waals surface area contributed by atoms with Crippen LogP contribution in [-0.2, 0) is 6.54 Å². The number of nitrogens with one attached hydrogen (secondary N) is 1. The van der Waals surface area contributed by atoms with Crippen molar-refractivity contribution >= 4 is 11.8 Å². The minimum Gasteiger partial charge on any atom is -0.308 e. The summed E-state index contributed by atoms with van der Waals surface area (Å²) in [6.07, 6.45) is 2.49. The average molecular weight is 212 g/mol. The number of hydrogen-bond acceptors (Lipinski definition) is 3. The molecule has 0 amide bonds. The van der Waals surface area contributed by atoms with Gasteiger partial charge in [0.15, 0.2) is 0 Å². The zero-order chi connectivity index (χ0) is 9.80. The minimum atomic E-state index is -0.273. The molecule has 2 rings (SSSR count). The van der Waals surface area contributed by atoms with Crippen molar-refractivity contribution in [1.29, 1.82) is 0 Å². The van der Waals surface area contributed by atoms with Crippen molar-refractivity contribution in [3.05, 3.63) is 29.8 Å². The van der Waals surface area contributed by atoms with Gasteiger partial charge in [0.1, 0.15) is 5.82 Å². The topological polar surface area (TPSA) is 24.9 Å². The van der Waals surface area contributed by atoms with Gasteiger partial charge in [-0.15, -0.1) is 0 Å². The number of hydrogen-bond donors (Lipinski definition) is 1. The number of halogens is 1. The highest BCUT2D eigenvalue weighted by Crippen LogP contribution is 2.17. The summed E-state index contributed by atoms with van der Waals surface area (Å²) >= 11 is 1.98. The van der Waals surface area contributed by atoms with Crippen LogP contribution >= 0.6 is 11.8 Å². The number of pyridine rings is 1. The Morgan fingerprint density at radius 1 is 1.57 bits per heavy atom. The molecule has 0 bridgehead atoms. The van der Waals surface area contributed by atoms with E-state index in [0.717, 1.165) is 12.2 Å². The van der Waals surface area contributed by atoms with Crippen molar-refractivity contribution in [3.8, 4) is 0 Å². The number of rotatable bonds is 3. The van der Waals surface area contributed by atoms with E-state index in [4.69, 9.17) is 0 Å². The normalized spacial score (nSPS) is 21.4. The Kier molecular flexibility index (Phi) is 3.37. The van der Waals surface area contributed by atoms with Crippen LogP contribution in [0.2, 0.25) is 0 Å². The molecule has 76 valence electrons. The first-order chi connectivity index (χ1) is 6.84. The second-order valence-electron chi connectivity index (χ2n) is 3.41. The molecule has 1 saturated heterocycles. The van der Waals surface area contributed by atoms with E-state index in [1.807, 2.05) is 11.8 Å². The Morgan fingerprint density at radius 2 is 2.50 bits per heavy atom. The highest BCUT2D eigenvalue weighted by molar-refractivity contribution is 7.99. The molecule has 1 aromatic rings. The fourth-order valence-corrected chi connectivity index (χ4v) is 2.64. The maximum atomic E-state index is 12.5. The van der Waals surface area contributed by atoms with E-state index in [1.165, 1.54) is 30.2 Å². The van der Waals surface area contributed by atoms with Gasteiger partial charge in [-0.3, -0.25) is 4.98 Å². The molecule has 1 aromatic heterocycles. The highest BCUT2D eigenvalue weighted by atomic mass is 32.2. The SMILES string of the molecule is Fc1ccc(CNC2CCSC2)nc1. The molecule has 1 aliphatic heterocycles. The lowest BCUT2D eigenvalue weighted by atomic mass is 10.2. The van der Waals surface area contributed by atoms with Crippen LogP contribution in [0.25, 0.3) is 0 Å². The van der Waals surface area contributed by atoms with E-state index in [9.17, 15) is 4.39 Å². The summed E-state index contributed by atoms with van der Waals surface area (Å²) in [5, 5.41) is 3.41. The van der Waals surface area contributed by atoms with Crippen LogP contribution in [0.5, 0.6) is 0 Å². The average Bonchev–Trinajstić information content (AvgIpc) is 2.70. The largest absolute Gasteiger partial charge is 0.308 e. The molecule has 2 nitrogen and oxygen atoms in total. The molecule has 0 spiro atoms. The smallest absolute Gasteiger partial charge is 0.141 e. The predicted octanol–water partition coefficient (Wildman–Crippen LogP) is 1.82. The third-order valence-corrected chi connectivity index (χ3v) is 3.45. The van der Waals surface area contributed by atoms with Gasteiger partial charge in [-0.05, 0) is 24.3 Å². The van der Waals surface area contributed by atoms with E-state index in [1.54, 1.807) is 6.07 Å². The fourth-order valence-electron chi connectivity index (χ4n) is 1.46. The maximum Gasteiger partial charge on any atom is 0.141 e. The van der Waals surface area contributed by atoms with Crippen LogP contribution in [0.4, 0.5) is 4.39 Å². The van der Waals surface area contributed by atoms with Crippen LogP contribution in [-0.4, -0.2) is 22.5 Å². The van der Waals surface area contributed by atoms with Gasteiger partial charge in [-0.1, -0.05) is 0 Å². The lowest BCUT2D eigenvalue weighted by Gasteiger charge is -2.09. The standard InChI is InChI=1S/C10H13FN2S/c11-8-1-2-9(12-5-8)6-13-10-3-4-14-7-10/h1-2,5,10,13H,3-4,6-7H2. The van der Waals surface area contributed by atoms with Gasteiger partial charge in [-0.25, -0.2) is 4.39 Å². The summed E-state index contributed by atoms with van der Waals surface area (Å²) < 4.78 is 12.5. The quantitative estimate of drug-likeness (QED) is 0.827. The summed E-state index contributed by atoms with van der Waals surface area (Å²) in [5.41, 5.74) is 0.906. The first-order valence-electron chi connectivity index (χ1n) is 4.76. The van der Waals surface area contributed by atoms with Crippen molar-refractivity contribution in [3.63, 3.8) is 0 Å². The van der Waals surface area contributed by atoms with Gasteiger partial charge < -0.3 is 5.32 Å². The van der Waals surface area contributed by atoms with Crippen molar-refractivity contribution in [1.82, 2.24) is 10.3 Å². The van der Waals surface area contributed by atoms with Gasteiger partial charge in [-0.2, -0.15) is 11.8 Å². The highest BCUT2D eigenvalue weighted by Gasteiger charge is 2.14. The third-order valence-electron chi connectivity index (χ3n) is 2.29. The lowest BCUT2D eigenvalue weighted by molar-refractivity contribution is 0.549. The Hall–Kier alpha value is -0.610. The molecule has 0 saturated carbocycles. The summed E-state index contributed by atoms with van der Waals surface area (Å²) in [6.45, 7) is 0.742. The first kappa shape index (κ1) is 9.93. The van der Waals surface area contributed by atoms with Gasteiger partial charge in [0, 0.05) is 18.3 Å². The van der Waals surface area contributed by atoms with E-state index < -0.39 is 0 Å². The molecule has 2 heterocycles. The number of aromatic nitrogens is 1.